The van der Waals surface area contributed by atoms with E-state index in [1.54, 1.807) is 35.2 Å². The molecule has 9 heteroatoms. The number of hydrogen-bond donors (Lipinski definition) is 1. The van der Waals surface area contributed by atoms with Crippen LogP contribution in [0.2, 0.25) is 5.02 Å². The molecule has 2 amide bonds. The maximum absolute atomic E-state index is 13.9. The molecule has 4 rings (SSSR count). The maximum atomic E-state index is 13.9. The topological polar surface area (TPSA) is 86.8 Å². The normalized spacial score (nSPS) is 14.4. The number of carbonyl (C=O) groups is 2. The smallest absolute Gasteiger partial charge is 0.243 e. The van der Waals surface area contributed by atoms with Crippen molar-refractivity contribution in [2.45, 2.75) is 63.6 Å². The Balaban J connectivity index is 1.59. The molecule has 1 aliphatic rings. The summed E-state index contributed by atoms with van der Waals surface area (Å²) in [5, 5.41) is 3.72. The van der Waals surface area contributed by atoms with Crippen LogP contribution in [0.1, 0.15) is 49.7 Å². The lowest BCUT2D eigenvalue weighted by Gasteiger charge is -2.33. The highest BCUT2D eigenvalue weighted by atomic mass is 35.5. The van der Waals surface area contributed by atoms with Gasteiger partial charge in [-0.3, -0.25) is 13.9 Å². The lowest BCUT2D eigenvalue weighted by Crippen LogP contribution is -2.52. The fraction of sp³-hybridized carbons (Fsp3) is 0.375. The number of nitrogens with zero attached hydrogens (tertiary/aromatic N) is 2. The molecule has 218 valence electrons. The quantitative estimate of drug-likeness (QED) is 0.279. The number of hydrogen-bond acceptors (Lipinski definition) is 4. The van der Waals surface area contributed by atoms with E-state index in [9.17, 15) is 18.0 Å². The molecule has 0 saturated heterocycles. The van der Waals surface area contributed by atoms with E-state index < -0.39 is 16.1 Å². The summed E-state index contributed by atoms with van der Waals surface area (Å²) in [5.41, 5.74) is 2.24. The monoisotopic (exact) mass is 595 g/mol. The molecule has 1 unspecified atom stereocenters. The molecule has 3 aromatic carbocycles. The van der Waals surface area contributed by atoms with Crippen LogP contribution >= 0.6 is 11.6 Å². The van der Waals surface area contributed by atoms with Crippen LogP contribution < -0.4 is 9.62 Å². The standard InChI is InChI=1S/C32H38ClN3O4S/c1-41(39,40)36(28-18-6-3-7-19-28)22-12-21-31(37)35(24-26-15-8-11-20-29(26)33)30(23-25-13-4-2-5-14-25)32(38)34-27-16-9-10-17-27/h2-8,11,13-15,18-20,27,30H,9-10,12,16-17,21-24H2,1H3,(H,34,38). The summed E-state index contributed by atoms with van der Waals surface area (Å²) in [4.78, 5) is 29.3. The van der Waals surface area contributed by atoms with Crippen molar-refractivity contribution in [3.05, 3.63) is 101 Å². The van der Waals surface area contributed by atoms with Gasteiger partial charge in [-0.05, 0) is 48.6 Å². The number of sulfonamides is 1. The van der Waals surface area contributed by atoms with E-state index in [1.165, 1.54) is 4.31 Å². The van der Waals surface area contributed by atoms with Gasteiger partial charge in [0.15, 0.2) is 0 Å². The van der Waals surface area contributed by atoms with Crippen LogP contribution in [0.4, 0.5) is 5.69 Å². The summed E-state index contributed by atoms with van der Waals surface area (Å²) in [5.74, 6) is -0.405. The first-order valence-corrected chi connectivity index (χ1v) is 16.3. The zero-order chi connectivity index (χ0) is 29.2. The first-order chi connectivity index (χ1) is 19.7. The van der Waals surface area contributed by atoms with Crippen LogP contribution in [0.5, 0.6) is 0 Å². The van der Waals surface area contributed by atoms with Crippen LogP contribution in [0, 0.1) is 0 Å². The van der Waals surface area contributed by atoms with E-state index in [0.29, 0.717) is 23.6 Å². The number of carbonyl (C=O) groups excluding carboxylic acids is 2. The second-order valence-electron chi connectivity index (χ2n) is 10.6. The van der Waals surface area contributed by atoms with Gasteiger partial charge in [0, 0.05) is 37.0 Å². The third kappa shape index (κ3) is 8.81. The number of benzene rings is 3. The first-order valence-electron chi connectivity index (χ1n) is 14.1. The summed E-state index contributed by atoms with van der Waals surface area (Å²) in [6.07, 6.45) is 5.91. The van der Waals surface area contributed by atoms with Crippen molar-refractivity contribution in [3.8, 4) is 0 Å². The van der Waals surface area contributed by atoms with Gasteiger partial charge in [-0.2, -0.15) is 0 Å². The minimum Gasteiger partial charge on any atom is -0.352 e. The molecular formula is C32H38ClN3O4S. The highest BCUT2D eigenvalue weighted by Gasteiger charge is 2.32. The largest absolute Gasteiger partial charge is 0.352 e. The molecule has 7 nitrogen and oxygen atoms in total. The van der Waals surface area contributed by atoms with E-state index in [0.717, 1.165) is 43.1 Å². The van der Waals surface area contributed by atoms with Gasteiger partial charge in [0.25, 0.3) is 0 Å². The van der Waals surface area contributed by atoms with Crippen LogP contribution in [0.3, 0.4) is 0 Å². The van der Waals surface area contributed by atoms with Gasteiger partial charge in [-0.15, -0.1) is 0 Å². The Labute approximate surface area is 248 Å². The number of anilines is 1. The zero-order valence-corrected chi connectivity index (χ0v) is 25.0. The summed E-state index contributed by atoms with van der Waals surface area (Å²) in [6.45, 7) is 0.314. The van der Waals surface area contributed by atoms with E-state index in [2.05, 4.69) is 5.32 Å². The Bertz CT molecular complexity index is 1400. The molecular weight excluding hydrogens is 558 g/mol. The Hall–Kier alpha value is -3.36. The van der Waals surface area contributed by atoms with Gasteiger partial charge in [-0.1, -0.05) is 91.2 Å². The fourth-order valence-electron chi connectivity index (χ4n) is 5.33. The van der Waals surface area contributed by atoms with Crippen LogP contribution in [-0.4, -0.2) is 50.0 Å². The molecule has 0 radical (unpaired) electrons. The molecule has 0 bridgehead atoms. The number of nitrogens with one attached hydrogen (secondary N) is 1. The summed E-state index contributed by atoms with van der Waals surface area (Å²) >= 11 is 6.51. The Morgan fingerprint density at radius 2 is 1.54 bits per heavy atom. The van der Waals surface area contributed by atoms with Gasteiger partial charge >= 0.3 is 0 Å². The minimum atomic E-state index is -3.55. The van der Waals surface area contributed by atoms with Crippen LogP contribution in [-0.2, 0) is 32.6 Å². The third-order valence-corrected chi connectivity index (χ3v) is 9.03. The molecule has 0 spiro atoms. The summed E-state index contributed by atoms with van der Waals surface area (Å²) in [6, 6.07) is 25.2. The third-order valence-electron chi connectivity index (χ3n) is 7.47. The van der Waals surface area contributed by atoms with Crippen molar-refractivity contribution in [2.24, 2.45) is 0 Å². The molecule has 1 aliphatic carbocycles. The van der Waals surface area contributed by atoms with Gasteiger partial charge in [-0.25, -0.2) is 8.42 Å². The lowest BCUT2D eigenvalue weighted by atomic mass is 10.0. The van der Waals surface area contributed by atoms with Gasteiger partial charge < -0.3 is 10.2 Å². The molecule has 41 heavy (non-hydrogen) atoms. The zero-order valence-electron chi connectivity index (χ0n) is 23.4. The molecule has 1 saturated carbocycles. The van der Waals surface area contributed by atoms with Crippen molar-refractivity contribution in [1.82, 2.24) is 10.2 Å². The second-order valence-corrected chi connectivity index (χ2v) is 12.9. The van der Waals surface area contributed by atoms with Crippen molar-refractivity contribution in [2.75, 3.05) is 17.1 Å². The van der Waals surface area contributed by atoms with Gasteiger partial charge in [0.1, 0.15) is 6.04 Å². The summed E-state index contributed by atoms with van der Waals surface area (Å²) in [7, 11) is -3.55. The maximum Gasteiger partial charge on any atom is 0.243 e. The molecule has 0 aliphatic heterocycles. The molecule has 1 N–H and O–H groups in total. The average molecular weight is 596 g/mol. The number of halogens is 1. The van der Waals surface area contributed by atoms with Crippen molar-refractivity contribution < 1.29 is 18.0 Å². The molecule has 0 aromatic heterocycles. The predicted molar refractivity (Wildman–Crippen MR) is 164 cm³/mol. The van der Waals surface area contributed by atoms with E-state index in [-0.39, 0.29) is 37.4 Å². The Morgan fingerprint density at radius 1 is 0.927 bits per heavy atom. The number of para-hydroxylation sites is 1. The van der Waals surface area contributed by atoms with Crippen LogP contribution in [0.15, 0.2) is 84.9 Å². The number of amides is 2. The minimum absolute atomic E-state index is 0.0747. The highest BCUT2D eigenvalue weighted by Crippen LogP contribution is 2.24. The lowest BCUT2D eigenvalue weighted by molar-refractivity contribution is -0.141. The Morgan fingerprint density at radius 3 is 2.17 bits per heavy atom. The van der Waals surface area contributed by atoms with Crippen molar-refractivity contribution >= 4 is 39.1 Å². The van der Waals surface area contributed by atoms with Crippen LogP contribution in [0.25, 0.3) is 0 Å². The van der Waals surface area contributed by atoms with E-state index >= 15 is 0 Å². The van der Waals surface area contributed by atoms with E-state index in [4.69, 9.17) is 11.6 Å². The van der Waals surface area contributed by atoms with Gasteiger partial charge in [0.05, 0.1) is 11.9 Å². The fourth-order valence-corrected chi connectivity index (χ4v) is 6.49. The first kappa shape index (κ1) is 30.6. The SMILES string of the molecule is CS(=O)(=O)N(CCCC(=O)N(Cc1ccccc1Cl)C(Cc1ccccc1)C(=O)NC1CCCC1)c1ccccc1. The second kappa shape index (κ2) is 14.5. The van der Waals surface area contributed by atoms with Crippen molar-refractivity contribution in [1.29, 1.82) is 0 Å². The average Bonchev–Trinajstić information content (AvgIpc) is 3.47. The van der Waals surface area contributed by atoms with Gasteiger partial charge in [0.2, 0.25) is 21.8 Å². The molecule has 1 atom stereocenters. The molecule has 3 aromatic rings. The highest BCUT2D eigenvalue weighted by molar-refractivity contribution is 7.92. The predicted octanol–water partition coefficient (Wildman–Crippen LogP) is 5.59. The van der Waals surface area contributed by atoms with Crippen molar-refractivity contribution in [3.63, 3.8) is 0 Å². The number of rotatable bonds is 13. The molecule has 1 fully saturated rings. The molecule has 0 heterocycles. The summed E-state index contributed by atoms with van der Waals surface area (Å²) < 4.78 is 26.4. The van der Waals surface area contributed by atoms with E-state index in [1.807, 2.05) is 54.6 Å². The Kier molecular flexibility index (Phi) is 10.8.